The summed E-state index contributed by atoms with van der Waals surface area (Å²) >= 11 is 1.50. The molecule has 0 spiro atoms. The zero-order chi connectivity index (χ0) is 20.6. The Kier molecular flexibility index (Phi) is 6.85. The maximum atomic E-state index is 12.8. The van der Waals surface area contributed by atoms with Crippen LogP contribution in [0, 0.1) is 0 Å². The molecule has 0 radical (unpaired) electrons. The molecule has 0 N–H and O–H groups in total. The topological polar surface area (TPSA) is 44.8 Å². The second kappa shape index (κ2) is 10.1. The molecule has 1 aliphatic heterocycles. The molecule has 4 rings (SSSR count). The Morgan fingerprint density at radius 1 is 0.867 bits per heavy atom. The maximum Gasteiger partial charge on any atom is 0.338 e. The Balaban J connectivity index is 1.52. The molecule has 1 aliphatic rings. The van der Waals surface area contributed by atoms with E-state index < -0.39 is 23.6 Å². The van der Waals surface area contributed by atoms with E-state index in [0.29, 0.717) is 12.2 Å². The highest BCUT2D eigenvalue weighted by molar-refractivity contribution is 7.99. The van der Waals surface area contributed by atoms with Crippen LogP contribution in [0.4, 0.5) is 0 Å². The Bertz CT molecular complexity index is 960. The van der Waals surface area contributed by atoms with E-state index in [4.69, 9.17) is 14.2 Å². The fraction of sp³-hybridized carbons (Fsp3) is 0.160. The van der Waals surface area contributed by atoms with Crippen LogP contribution in [-0.4, -0.2) is 23.6 Å². The molecule has 5 heteroatoms. The van der Waals surface area contributed by atoms with Gasteiger partial charge in [-0.25, -0.2) is 4.79 Å². The third-order valence-electron chi connectivity index (χ3n) is 4.61. The van der Waals surface area contributed by atoms with Gasteiger partial charge in [-0.1, -0.05) is 78.5 Å². The number of ether oxygens (including phenoxy) is 3. The molecule has 1 heterocycles. The number of esters is 1. The van der Waals surface area contributed by atoms with E-state index in [9.17, 15) is 4.79 Å². The minimum atomic E-state index is -0.600. The minimum absolute atomic E-state index is 0.397. The smallest absolute Gasteiger partial charge is 0.338 e. The summed E-state index contributed by atoms with van der Waals surface area (Å²) in [6, 6.07) is 28.8. The Morgan fingerprint density at radius 3 is 2.20 bits per heavy atom. The summed E-state index contributed by atoms with van der Waals surface area (Å²) in [5.74, 6) is -0.397. The van der Waals surface area contributed by atoms with Crippen LogP contribution < -0.4 is 0 Å². The van der Waals surface area contributed by atoms with E-state index in [-0.39, 0.29) is 0 Å². The quantitative estimate of drug-likeness (QED) is 0.477. The lowest BCUT2D eigenvalue weighted by molar-refractivity contribution is -0.0779. The first-order chi connectivity index (χ1) is 14.8. The van der Waals surface area contributed by atoms with Gasteiger partial charge < -0.3 is 14.2 Å². The van der Waals surface area contributed by atoms with Gasteiger partial charge in [-0.05, 0) is 35.9 Å². The summed E-state index contributed by atoms with van der Waals surface area (Å²) in [6.45, 7) is 0.415. The van der Waals surface area contributed by atoms with Crippen LogP contribution in [0.3, 0.4) is 0 Å². The summed E-state index contributed by atoms with van der Waals surface area (Å²) in [5, 5.41) is 0. The molecule has 0 bridgehead atoms. The summed E-state index contributed by atoms with van der Waals surface area (Å²) in [6.07, 6.45) is 2.40. The summed E-state index contributed by atoms with van der Waals surface area (Å²) < 4.78 is 17.9. The molecular formula is C25H22O4S. The number of hydrogen-bond donors (Lipinski definition) is 0. The molecule has 152 valence electrons. The number of carbonyl (C=O) groups is 1. The Labute approximate surface area is 180 Å². The van der Waals surface area contributed by atoms with Crippen molar-refractivity contribution in [3.8, 4) is 0 Å². The lowest BCUT2D eigenvalue weighted by Gasteiger charge is -2.33. The lowest BCUT2D eigenvalue weighted by atomic mass is 10.1. The number of rotatable bonds is 7. The fourth-order valence-corrected chi connectivity index (χ4v) is 4.12. The van der Waals surface area contributed by atoms with Gasteiger partial charge >= 0.3 is 5.97 Å². The molecular weight excluding hydrogens is 396 g/mol. The number of benzene rings is 3. The van der Waals surface area contributed by atoms with E-state index in [1.807, 2.05) is 78.9 Å². The van der Waals surface area contributed by atoms with Crippen LogP contribution in [0.25, 0.3) is 0 Å². The normalized spacial score (nSPS) is 20.3. The SMILES string of the molecule is O=C(O[C@@H]1[C@@H](OCc2ccccc2)C=CO[C@H]1Sc1ccccc1)c1ccccc1. The molecule has 3 aromatic carbocycles. The highest BCUT2D eigenvalue weighted by atomic mass is 32.2. The third kappa shape index (κ3) is 5.32. The highest BCUT2D eigenvalue weighted by Crippen LogP contribution is 2.33. The molecule has 0 unspecified atom stereocenters. The van der Waals surface area contributed by atoms with Crippen molar-refractivity contribution in [1.29, 1.82) is 0 Å². The van der Waals surface area contributed by atoms with E-state index in [1.165, 1.54) is 11.8 Å². The van der Waals surface area contributed by atoms with Gasteiger partial charge in [0.25, 0.3) is 0 Å². The predicted octanol–water partition coefficient (Wildman–Crippen LogP) is 5.46. The number of carbonyl (C=O) groups excluding carboxylic acids is 1. The van der Waals surface area contributed by atoms with E-state index in [1.54, 1.807) is 24.5 Å². The molecule has 4 nitrogen and oxygen atoms in total. The molecule has 0 saturated heterocycles. The first kappa shape index (κ1) is 20.3. The van der Waals surface area contributed by atoms with Crippen molar-refractivity contribution in [2.24, 2.45) is 0 Å². The largest absolute Gasteiger partial charge is 0.483 e. The standard InChI is InChI=1S/C25H22O4S/c26-24(20-12-6-2-7-13-20)29-23-22(28-18-19-10-4-1-5-11-19)16-17-27-25(23)30-21-14-8-3-9-15-21/h1-17,22-23,25H,18H2/t22-,23+,25-/m0/s1. The van der Waals surface area contributed by atoms with Gasteiger partial charge in [0.15, 0.2) is 11.5 Å². The van der Waals surface area contributed by atoms with Gasteiger partial charge in [-0.15, -0.1) is 0 Å². The molecule has 0 saturated carbocycles. The molecule has 0 aliphatic carbocycles. The second-order valence-electron chi connectivity index (χ2n) is 6.76. The number of hydrogen-bond acceptors (Lipinski definition) is 5. The van der Waals surface area contributed by atoms with Crippen molar-refractivity contribution in [2.75, 3.05) is 0 Å². The van der Waals surface area contributed by atoms with Crippen LogP contribution in [-0.2, 0) is 20.8 Å². The summed E-state index contributed by atoms with van der Waals surface area (Å²) in [4.78, 5) is 13.8. The highest BCUT2D eigenvalue weighted by Gasteiger charge is 2.37. The van der Waals surface area contributed by atoms with E-state index >= 15 is 0 Å². The third-order valence-corrected chi connectivity index (χ3v) is 5.76. The van der Waals surface area contributed by atoms with Gasteiger partial charge in [0.1, 0.15) is 6.10 Å². The molecule has 3 atom stereocenters. The van der Waals surface area contributed by atoms with Crippen LogP contribution in [0.2, 0.25) is 0 Å². The van der Waals surface area contributed by atoms with Crippen LogP contribution in [0.15, 0.2) is 108 Å². The van der Waals surface area contributed by atoms with Crippen LogP contribution >= 0.6 is 11.8 Å². The Hall–Kier alpha value is -3.02. The van der Waals surface area contributed by atoms with Gasteiger partial charge in [0.05, 0.1) is 18.4 Å². The van der Waals surface area contributed by atoms with E-state index in [0.717, 1.165) is 10.5 Å². The zero-order valence-corrected chi connectivity index (χ0v) is 17.1. The van der Waals surface area contributed by atoms with Crippen molar-refractivity contribution in [3.63, 3.8) is 0 Å². The first-order valence-corrected chi connectivity index (χ1v) is 10.6. The molecule has 3 aromatic rings. The van der Waals surface area contributed by atoms with Gasteiger partial charge in [-0.3, -0.25) is 0 Å². The van der Waals surface area contributed by atoms with Gasteiger partial charge in [0.2, 0.25) is 0 Å². The molecule has 30 heavy (non-hydrogen) atoms. The van der Waals surface area contributed by atoms with Gasteiger partial charge in [0, 0.05) is 4.90 Å². The number of thioether (sulfide) groups is 1. The first-order valence-electron chi connectivity index (χ1n) is 9.75. The lowest BCUT2D eigenvalue weighted by Crippen LogP contribution is -2.43. The Morgan fingerprint density at radius 2 is 1.50 bits per heavy atom. The summed E-state index contributed by atoms with van der Waals surface area (Å²) in [5.41, 5.74) is 1.13. The molecule has 0 aromatic heterocycles. The monoisotopic (exact) mass is 418 g/mol. The van der Waals surface area contributed by atoms with E-state index in [2.05, 4.69) is 0 Å². The molecule has 0 fully saturated rings. The second-order valence-corrected chi connectivity index (χ2v) is 7.93. The summed E-state index contributed by atoms with van der Waals surface area (Å²) in [7, 11) is 0. The van der Waals surface area contributed by atoms with Crippen LogP contribution in [0.5, 0.6) is 0 Å². The zero-order valence-electron chi connectivity index (χ0n) is 16.3. The minimum Gasteiger partial charge on any atom is -0.483 e. The van der Waals surface area contributed by atoms with Crippen LogP contribution in [0.1, 0.15) is 15.9 Å². The van der Waals surface area contributed by atoms with Gasteiger partial charge in [-0.2, -0.15) is 0 Å². The van der Waals surface area contributed by atoms with Crippen molar-refractivity contribution >= 4 is 17.7 Å². The average molecular weight is 419 g/mol. The maximum absolute atomic E-state index is 12.8. The van der Waals surface area contributed by atoms with Crippen molar-refractivity contribution < 1.29 is 19.0 Å². The van der Waals surface area contributed by atoms with Crippen molar-refractivity contribution in [2.45, 2.75) is 29.1 Å². The molecule has 0 amide bonds. The fourth-order valence-electron chi connectivity index (χ4n) is 3.08. The predicted molar refractivity (Wildman–Crippen MR) is 117 cm³/mol. The van der Waals surface area contributed by atoms with Crippen molar-refractivity contribution in [3.05, 3.63) is 114 Å². The average Bonchev–Trinajstić information content (AvgIpc) is 2.81. The van der Waals surface area contributed by atoms with Crippen molar-refractivity contribution in [1.82, 2.24) is 0 Å².